The van der Waals surface area contributed by atoms with Crippen molar-refractivity contribution in [3.05, 3.63) is 65.2 Å². The number of nitrogens with one attached hydrogen (secondary N) is 1. The standard InChI is InChI=1S/C21H22N2O3/c1-15-6-4-5-7-18(15)16(2)23-21(24)11-9-17-8-10-19(26-13-12-22)20(14-17)25-3/h4-11,14,16H,13H2,1-3H3,(H,23,24). The third kappa shape index (κ3) is 5.12. The number of methoxy groups -OCH3 is 1. The van der Waals surface area contributed by atoms with Crippen molar-refractivity contribution in [2.75, 3.05) is 13.7 Å². The molecule has 5 nitrogen and oxygen atoms in total. The van der Waals surface area contributed by atoms with Crippen molar-refractivity contribution in [2.24, 2.45) is 0 Å². The van der Waals surface area contributed by atoms with Gasteiger partial charge in [0, 0.05) is 6.08 Å². The van der Waals surface area contributed by atoms with Gasteiger partial charge in [-0.2, -0.15) is 5.26 Å². The molecule has 0 aromatic heterocycles. The minimum atomic E-state index is -0.176. The number of carbonyl (C=O) groups is 1. The van der Waals surface area contributed by atoms with Crippen LogP contribution in [0.15, 0.2) is 48.5 Å². The Morgan fingerprint density at radius 2 is 2.04 bits per heavy atom. The van der Waals surface area contributed by atoms with Crippen LogP contribution < -0.4 is 14.8 Å². The average Bonchev–Trinajstić information content (AvgIpc) is 2.65. The SMILES string of the molecule is COc1cc(C=CC(=O)NC(C)c2ccccc2C)ccc1OCC#N. The van der Waals surface area contributed by atoms with Crippen molar-refractivity contribution in [2.45, 2.75) is 19.9 Å². The number of nitriles is 1. The van der Waals surface area contributed by atoms with Gasteiger partial charge < -0.3 is 14.8 Å². The van der Waals surface area contributed by atoms with E-state index in [2.05, 4.69) is 5.32 Å². The first-order chi connectivity index (χ1) is 12.5. The van der Waals surface area contributed by atoms with E-state index in [1.807, 2.05) is 44.2 Å². The molecule has 0 heterocycles. The lowest BCUT2D eigenvalue weighted by molar-refractivity contribution is -0.117. The molecule has 5 heteroatoms. The van der Waals surface area contributed by atoms with Gasteiger partial charge in [0.1, 0.15) is 6.07 Å². The Morgan fingerprint density at radius 3 is 2.73 bits per heavy atom. The summed E-state index contributed by atoms with van der Waals surface area (Å²) in [5.74, 6) is 0.824. The second kappa shape index (κ2) is 9.28. The van der Waals surface area contributed by atoms with Crippen LogP contribution >= 0.6 is 0 Å². The normalized spacial score (nSPS) is 11.6. The molecule has 0 fully saturated rings. The number of nitrogens with zero attached hydrogens (tertiary/aromatic N) is 1. The Morgan fingerprint density at radius 1 is 1.27 bits per heavy atom. The zero-order chi connectivity index (χ0) is 18.9. The molecule has 0 bridgehead atoms. The predicted molar refractivity (Wildman–Crippen MR) is 101 cm³/mol. The number of hydrogen-bond donors (Lipinski definition) is 1. The molecule has 2 rings (SSSR count). The van der Waals surface area contributed by atoms with Crippen LogP contribution in [0.1, 0.15) is 29.7 Å². The number of ether oxygens (including phenoxy) is 2. The molecule has 0 aliphatic heterocycles. The van der Waals surface area contributed by atoms with Crippen LogP contribution in [-0.2, 0) is 4.79 Å². The third-order valence-electron chi connectivity index (χ3n) is 3.92. The van der Waals surface area contributed by atoms with Crippen LogP contribution in [0.2, 0.25) is 0 Å². The molecule has 2 aromatic rings. The number of amides is 1. The molecule has 0 saturated heterocycles. The topological polar surface area (TPSA) is 71.3 Å². The van der Waals surface area contributed by atoms with E-state index in [1.165, 1.54) is 13.2 Å². The number of carbonyl (C=O) groups excluding carboxylic acids is 1. The first kappa shape index (κ1) is 19.1. The van der Waals surface area contributed by atoms with E-state index >= 15 is 0 Å². The Balaban J connectivity index is 2.03. The highest BCUT2D eigenvalue weighted by molar-refractivity contribution is 5.92. The van der Waals surface area contributed by atoms with Crippen LogP contribution in [0.25, 0.3) is 6.08 Å². The molecule has 1 atom stereocenters. The second-order valence-electron chi connectivity index (χ2n) is 5.78. The van der Waals surface area contributed by atoms with Gasteiger partial charge in [-0.15, -0.1) is 0 Å². The molecule has 0 radical (unpaired) electrons. The fourth-order valence-corrected chi connectivity index (χ4v) is 2.60. The summed E-state index contributed by atoms with van der Waals surface area (Å²) in [6, 6.07) is 15.1. The van der Waals surface area contributed by atoms with Gasteiger partial charge in [-0.25, -0.2) is 0 Å². The molecular weight excluding hydrogens is 328 g/mol. The molecule has 0 spiro atoms. The minimum absolute atomic E-state index is 0.0509. The lowest BCUT2D eigenvalue weighted by atomic mass is 10.0. The van der Waals surface area contributed by atoms with E-state index in [0.29, 0.717) is 11.5 Å². The van der Waals surface area contributed by atoms with Gasteiger partial charge >= 0.3 is 0 Å². The van der Waals surface area contributed by atoms with Crippen molar-refractivity contribution in [3.63, 3.8) is 0 Å². The molecule has 0 aliphatic carbocycles. The fourth-order valence-electron chi connectivity index (χ4n) is 2.60. The van der Waals surface area contributed by atoms with Crippen LogP contribution in [0.4, 0.5) is 0 Å². The van der Waals surface area contributed by atoms with Gasteiger partial charge in [-0.1, -0.05) is 30.3 Å². The van der Waals surface area contributed by atoms with E-state index in [0.717, 1.165) is 16.7 Å². The van der Waals surface area contributed by atoms with Gasteiger partial charge in [0.25, 0.3) is 0 Å². The van der Waals surface area contributed by atoms with Crippen molar-refractivity contribution in [1.82, 2.24) is 5.32 Å². The van der Waals surface area contributed by atoms with Crippen molar-refractivity contribution in [3.8, 4) is 17.6 Å². The third-order valence-corrected chi connectivity index (χ3v) is 3.92. The van der Waals surface area contributed by atoms with Gasteiger partial charge in [0.2, 0.25) is 5.91 Å². The van der Waals surface area contributed by atoms with Crippen LogP contribution in [0, 0.1) is 18.3 Å². The number of rotatable bonds is 7. The van der Waals surface area contributed by atoms with Crippen molar-refractivity contribution >= 4 is 12.0 Å². The van der Waals surface area contributed by atoms with E-state index in [1.54, 1.807) is 24.3 Å². The number of benzene rings is 2. The lowest BCUT2D eigenvalue weighted by Crippen LogP contribution is -2.25. The molecular formula is C21H22N2O3. The maximum absolute atomic E-state index is 12.2. The van der Waals surface area contributed by atoms with Crippen LogP contribution in [-0.4, -0.2) is 19.6 Å². The highest BCUT2D eigenvalue weighted by Gasteiger charge is 2.09. The van der Waals surface area contributed by atoms with Crippen molar-refractivity contribution in [1.29, 1.82) is 5.26 Å². The minimum Gasteiger partial charge on any atom is -0.493 e. The van der Waals surface area contributed by atoms with E-state index < -0.39 is 0 Å². The molecule has 26 heavy (non-hydrogen) atoms. The summed E-state index contributed by atoms with van der Waals surface area (Å²) in [7, 11) is 1.53. The van der Waals surface area contributed by atoms with Gasteiger partial charge in [-0.05, 0) is 48.7 Å². The molecule has 1 amide bonds. The second-order valence-corrected chi connectivity index (χ2v) is 5.78. The number of hydrogen-bond acceptors (Lipinski definition) is 4. The largest absolute Gasteiger partial charge is 0.493 e. The van der Waals surface area contributed by atoms with Gasteiger partial charge in [0.15, 0.2) is 18.1 Å². The Kier molecular flexibility index (Phi) is 6.81. The molecule has 0 saturated carbocycles. The molecule has 1 unspecified atom stereocenters. The Labute approximate surface area is 153 Å². The quantitative estimate of drug-likeness (QED) is 0.771. The predicted octanol–water partition coefficient (Wildman–Crippen LogP) is 3.80. The summed E-state index contributed by atoms with van der Waals surface area (Å²) in [6.45, 7) is 3.93. The summed E-state index contributed by atoms with van der Waals surface area (Å²) >= 11 is 0. The Bertz CT molecular complexity index is 837. The lowest BCUT2D eigenvalue weighted by Gasteiger charge is -2.15. The van der Waals surface area contributed by atoms with Gasteiger partial charge in [-0.3, -0.25) is 4.79 Å². The Hall–Kier alpha value is -3.26. The smallest absolute Gasteiger partial charge is 0.244 e. The molecule has 1 N–H and O–H groups in total. The van der Waals surface area contributed by atoms with Crippen LogP contribution in [0.3, 0.4) is 0 Å². The summed E-state index contributed by atoms with van der Waals surface area (Å²) in [5.41, 5.74) is 3.03. The maximum Gasteiger partial charge on any atom is 0.244 e. The average molecular weight is 350 g/mol. The highest BCUT2D eigenvalue weighted by atomic mass is 16.5. The van der Waals surface area contributed by atoms with Crippen molar-refractivity contribution < 1.29 is 14.3 Å². The highest BCUT2D eigenvalue weighted by Crippen LogP contribution is 2.28. The summed E-state index contributed by atoms with van der Waals surface area (Å²) < 4.78 is 10.5. The first-order valence-corrected chi connectivity index (χ1v) is 8.27. The number of aryl methyl sites for hydroxylation is 1. The fraction of sp³-hybridized carbons (Fsp3) is 0.238. The first-order valence-electron chi connectivity index (χ1n) is 8.27. The zero-order valence-corrected chi connectivity index (χ0v) is 15.2. The summed E-state index contributed by atoms with van der Waals surface area (Å²) in [4.78, 5) is 12.2. The summed E-state index contributed by atoms with van der Waals surface area (Å²) in [6.07, 6.45) is 3.19. The molecule has 2 aromatic carbocycles. The summed E-state index contributed by atoms with van der Waals surface area (Å²) in [5, 5.41) is 11.5. The van der Waals surface area contributed by atoms with Crippen LogP contribution in [0.5, 0.6) is 11.5 Å². The molecule has 0 aliphatic rings. The van der Waals surface area contributed by atoms with E-state index in [4.69, 9.17) is 14.7 Å². The molecule has 134 valence electrons. The van der Waals surface area contributed by atoms with E-state index in [-0.39, 0.29) is 18.6 Å². The monoisotopic (exact) mass is 350 g/mol. The van der Waals surface area contributed by atoms with Gasteiger partial charge in [0.05, 0.1) is 13.2 Å². The zero-order valence-electron chi connectivity index (χ0n) is 15.2. The van der Waals surface area contributed by atoms with E-state index in [9.17, 15) is 4.79 Å². The maximum atomic E-state index is 12.2.